The van der Waals surface area contributed by atoms with Gasteiger partial charge in [0, 0.05) is 17.1 Å². The van der Waals surface area contributed by atoms with Crippen molar-refractivity contribution >= 4 is 21.9 Å². The molecule has 0 aliphatic carbocycles. The standard InChI is InChI=1S/C9H7N3/c1-2-10-7-4-9-8(3-6(1)7)11-5-12-9/h1-5,10H,(H,11,12). The zero-order valence-electron chi connectivity index (χ0n) is 6.33. The highest BCUT2D eigenvalue weighted by atomic mass is 14.9. The summed E-state index contributed by atoms with van der Waals surface area (Å²) in [6.45, 7) is 0. The van der Waals surface area contributed by atoms with E-state index in [-0.39, 0.29) is 0 Å². The molecular formula is C9H7N3. The topological polar surface area (TPSA) is 44.5 Å². The number of nitrogens with zero attached hydrogens (tertiary/aromatic N) is 1. The Labute approximate surface area is 68.4 Å². The van der Waals surface area contributed by atoms with Gasteiger partial charge in [-0.3, -0.25) is 0 Å². The molecule has 3 aromatic rings. The first kappa shape index (κ1) is 5.83. The second-order valence-electron chi connectivity index (χ2n) is 2.84. The van der Waals surface area contributed by atoms with Crippen LogP contribution in [-0.4, -0.2) is 15.0 Å². The van der Waals surface area contributed by atoms with E-state index in [2.05, 4.69) is 27.1 Å². The van der Waals surface area contributed by atoms with Gasteiger partial charge in [-0.25, -0.2) is 4.98 Å². The van der Waals surface area contributed by atoms with Crippen LogP contribution in [-0.2, 0) is 0 Å². The van der Waals surface area contributed by atoms with E-state index >= 15 is 0 Å². The second kappa shape index (κ2) is 1.88. The number of aromatic amines is 2. The number of H-pyrrole nitrogens is 2. The maximum atomic E-state index is 4.17. The molecule has 0 spiro atoms. The number of rotatable bonds is 0. The molecule has 0 bridgehead atoms. The molecule has 0 fully saturated rings. The Morgan fingerprint density at radius 1 is 1.08 bits per heavy atom. The average molecular weight is 157 g/mol. The number of hydrogen-bond acceptors (Lipinski definition) is 1. The van der Waals surface area contributed by atoms with Crippen LogP contribution in [0.25, 0.3) is 21.9 Å². The second-order valence-corrected chi connectivity index (χ2v) is 2.84. The summed E-state index contributed by atoms with van der Waals surface area (Å²) in [6, 6.07) is 6.19. The molecule has 3 nitrogen and oxygen atoms in total. The third kappa shape index (κ3) is 0.625. The maximum absolute atomic E-state index is 4.17. The fourth-order valence-corrected chi connectivity index (χ4v) is 1.48. The van der Waals surface area contributed by atoms with Crippen molar-refractivity contribution in [3.8, 4) is 0 Å². The van der Waals surface area contributed by atoms with Gasteiger partial charge in [0.2, 0.25) is 0 Å². The largest absolute Gasteiger partial charge is 0.361 e. The first-order valence-electron chi connectivity index (χ1n) is 3.84. The van der Waals surface area contributed by atoms with Crippen LogP contribution in [0.5, 0.6) is 0 Å². The molecule has 0 aliphatic rings. The van der Waals surface area contributed by atoms with Gasteiger partial charge < -0.3 is 9.97 Å². The van der Waals surface area contributed by atoms with Crippen LogP contribution in [0.2, 0.25) is 0 Å². The van der Waals surface area contributed by atoms with Crippen LogP contribution in [0.1, 0.15) is 0 Å². The lowest BCUT2D eigenvalue weighted by Crippen LogP contribution is -1.70. The predicted octanol–water partition coefficient (Wildman–Crippen LogP) is 2.04. The minimum Gasteiger partial charge on any atom is -0.361 e. The Hall–Kier alpha value is -1.77. The third-order valence-electron chi connectivity index (χ3n) is 2.09. The number of benzene rings is 1. The lowest BCUT2D eigenvalue weighted by atomic mass is 10.2. The number of hydrogen-bond donors (Lipinski definition) is 2. The number of nitrogens with one attached hydrogen (secondary N) is 2. The highest BCUT2D eigenvalue weighted by Crippen LogP contribution is 2.18. The molecule has 3 heteroatoms. The summed E-state index contributed by atoms with van der Waals surface area (Å²) in [5.74, 6) is 0. The minimum atomic E-state index is 1.00. The molecule has 0 saturated heterocycles. The smallest absolute Gasteiger partial charge is 0.0931 e. The first-order valence-corrected chi connectivity index (χ1v) is 3.84. The van der Waals surface area contributed by atoms with E-state index < -0.39 is 0 Å². The van der Waals surface area contributed by atoms with E-state index in [9.17, 15) is 0 Å². The molecule has 2 heterocycles. The number of fused-ring (bicyclic) bond motifs is 2. The Bertz CT molecular complexity index is 442. The minimum absolute atomic E-state index is 1.00. The summed E-state index contributed by atoms with van der Waals surface area (Å²) in [4.78, 5) is 10.4. The van der Waals surface area contributed by atoms with Crippen molar-refractivity contribution in [2.75, 3.05) is 0 Å². The van der Waals surface area contributed by atoms with Gasteiger partial charge in [0.25, 0.3) is 0 Å². The molecule has 0 aliphatic heterocycles. The van der Waals surface area contributed by atoms with Crippen molar-refractivity contribution in [3.05, 3.63) is 30.7 Å². The molecule has 0 radical (unpaired) electrons. The highest BCUT2D eigenvalue weighted by molar-refractivity contribution is 5.93. The van der Waals surface area contributed by atoms with Gasteiger partial charge in [-0.2, -0.15) is 0 Å². The van der Waals surface area contributed by atoms with E-state index in [1.165, 1.54) is 5.39 Å². The van der Waals surface area contributed by atoms with Crippen LogP contribution in [0.4, 0.5) is 0 Å². The summed E-state index contributed by atoms with van der Waals surface area (Å²) in [5, 5.41) is 1.21. The van der Waals surface area contributed by atoms with E-state index in [4.69, 9.17) is 0 Å². The van der Waals surface area contributed by atoms with E-state index in [0.29, 0.717) is 0 Å². The normalized spacial score (nSPS) is 11.3. The molecule has 0 amide bonds. The van der Waals surface area contributed by atoms with Crippen LogP contribution >= 0.6 is 0 Å². The summed E-state index contributed by atoms with van der Waals surface area (Å²) in [7, 11) is 0. The molecular weight excluding hydrogens is 150 g/mol. The summed E-state index contributed by atoms with van der Waals surface area (Å²) in [5.41, 5.74) is 3.22. The lowest BCUT2D eigenvalue weighted by Gasteiger charge is -1.89. The Kier molecular flexibility index (Phi) is 0.913. The van der Waals surface area contributed by atoms with Crippen LogP contribution in [0, 0.1) is 0 Å². The summed E-state index contributed by atoms with van der Waals surface area (Å²) >= 11 is 0. The zero-order chi connectivity index (χ0) is 7.97. The van der Waals surface area contributed by atoms with Gasteiger partial charge in [-0.1, -0.05) is 0 Å². The molecule has 58 valence electrons. The maximum Gasteiger partial charge on any atom is 0.0931 e. The van der Waals surface area contributed by atoms with Crippen LogP contribution in [0.3, 0.4) is 0 Å². The van der Waals surface area contributed by atoms with Crippen molar-refractivity contribution in [2.24, 2.45) is 0 Å². The summed E-state index contributed by atoms with van der Waals surface area (Å²) in [6.07, 6.45) is 3.65. The van der Waals surface area contributed by atoms with Gasteiger partial charge in [0.15, 0.2) is 0 Å². The average Bonchev–Trinajstić information content (AvgIpc) is 2.64. The van der Waals surface area contributed by atoms with Crippen LogP contribution < -0.4 is 0 Å². The van der Waals surface area contributed by atoms with E-state index in [0.717, 1.165) is 16.6 Å². The van der Waals surface area contributed by atoms with Gasteiger partial charge in [0.1, 0.15) is 0 Å². The van der Waals surface area contributed by atoms with Crippen molar-refractivity contribution in [1.82, 2.24) is 15.0 Å². The van der Waals surface area contributed by atoms with Crippen molar-refractivity contribution in [2.45, 2.75) is 0 Å². The van der Waals surface area contributed by atoms with E-state index in [1.807, 2.05) is 12.3 Å². The number of imidazole rings is 1. The summed E-state index contributed by atoms with van der Waals surface area (Å²) < 4.78 is 0. The SMILES string of the molecule is c1cc2cc3[nH]cnc3cc2[nH]1. The van der Waals surface area contributed by atoms with Gasteiger partial charge >= 0.3 is 0 Å². The quantitative estimate of drug-likeness (QED) is 0.515. The fraction of sp³-hybridized carbons (Fsp3) is 0. The predicted molar refractivity (Wildman–Crippen MR) is 48.0 cm³/mol. The number of aromatic nitrogens is 3. The zero-order valence-corrected chi connectivity index (χ0v) is 6.33. The Morgan fingerprint density at radius 3 is 3.08 bits per heavy atom. The highest BCUT2D eigenvalue weighted by Gasteiger charge is 1.98. The molecule has 0 saturated carbocycles. The molecule has 0 unspecified atom stereocenters. The lowest BCUT2D eigenvalue weighted by molar-refractivity contribution is 1.34. The van der Waals surface area contributed by atoms with E-state index in [1.54, 1.807) is 6.33 Å². The monoisotopic (exact) mass is 157 g/mol. The fourth-order valence-electron chi connectivity index (χ4n) is 1.48. The molecule has 2 aromatic heterocycles. The Balaban J connectivity index is 2.62. The van der Waals surface area contributed by atoms with Crippen molar-refractivity contribution < 1.29 is 0 Å². The Morgan fingerprint density at radius 2 is 2.08 bits per heavy atom. The molecule has 1 aromatic carbocycles. The molecule has 0 atom stereocenters. The van der Waals surface area contributed by atoms with Crippen molar-refractivity contribution in [1.29, 1.82) is 0 Å². The molecule has 2 N–H and O–H groups in total. The molecule has 3 rings (SSSR count). The van der Waals surface area contributed by atoms with Gasteiger partial charge in [0.05, 0.1) is 17.4 Å². The molecule has 12 heavy (non-hydrogen) atoms. The first-order chi connectivity index (χ1) is 5.93. The van der Waals surface area contributed by atoms with Gasteiger partial charge in [-0.15, -0.1) is 0 Å². The van der Waals surface area contributed by atoms with Crippen molar-refractivity contribution in [3.63, 3.8) is 0 Å². The van der Waals surface area contributed by atoms with Crippen LogP contribution in [0.15, 0.2) is 30.7 Å². The van der Waals surface area contributed by atoms with Gasteiger partial charge in [-0.05, 0) is 18.2 Å². The third-order valence-corrected chi connectivity index (χ3v) is 2.09.